The fraction of sp³-hybridized carbons (Fsp3) is 0.571. The summed E-state index contributed by atoms with van der Waals surface area (Å²) >= 11 is 0. The Morgan fingerprint density at radius 1 is 1.22 bits per heavy atom. The van der Waals surface area contributed by atoms with Crippen molar-refractivity contribution in [1.82, 2.24) is 10.2 Å². The molecular formula is C14H22FN3. The Bertz CT molecular complexity index is 387. The molecule has 18 heavy (non-hydrogen) atoms. The fourth-order valence-electron chi connectivity index (χ4n) is 2.42. The van der Waals surface area contributed by atoms with Crippen LogP contribution in [0.3, 0.4) is 0 Å². The predicted molar refractivity (Wildman–Crippen MR) is 73.5 cm³/mol. The van der Waals surface area contributed by atoms with Gasteiger partial charge in [0.05, 0.1) is 5.69 Å². The first kappa shape index (κ1) is 13.3. The Hall–Kier alpha value is -1.13. The number of likely N-dealkylation sites (N-methyl/N-ethyl adjacent to an activating group) is 1. The summed E-state index contributed by atoms with van der Waals surface area (Å²) in [4.78, 5) is 4.55. The first-order chi connectivity index (χ1) is 8.74. The second-order valence-electron chi connectivity index (χ2n) is 4.74. The van der Waals surface area contributed by atoms with Crippen LogP contribution in [-0.4, -0.2) is 44.7 Å². The van der Waals surface area contributed by atoms with Crippen molar-refractivity contribution in [2.75, 3.05) is 44.7 Å². The van der Waals surface area contributed by atoms with Crippen LogP contribution in [-0.2, 0) is 6.54 Å². The molecule has 0 radical (unpaired) electrons. The number of rotatable bonds is 4. The molecular weight excluding hydrogens is 229 g/mol. The van der Waals surface area contributed by atoms with Crippen molar-refractivity contribution >= 4 is 5.69 Å². The van der Waals surface area contributed by atoms with Crippen LogP contribution < -0.4 is 10.2 Å². The van der Waals surface area contributed by atoms with E-state index < -0.39 is 0 Å². The second kappa shape index (κ2) is 6.16. The number of anilines is 1. The maximum absolute atomic E-state index is 13.9. The highest BCUT2D eigenvalue weighted by Gasteiger charge is 2.18. The lowest BCUT2D eigenvalue weighted by Gasteiger charge is -2.35. The smallest absolute Gasteiger partial charge is 0.146 e. The minimum absolute atomic E-state index is 0.111. The van der Waals surface area contributed by atoms with Crippen LogP contribution in [0.4, 0.5) is 10.1 Å². The topological polar surface area (TPSA) is 18.5 Å². The van der Waals surface area contributed by atoms with E-state index in [0.717, 1.165) is 50.5 Å². The van der Waals surface area contributed by atoms with Gasteiger partial charge < -0.3 is 15.1 Å². The molecule has 0 aliphatic carbocycles. The second-order valence-corrected chi connectivity index (χ2v) is 4.74. The summed E-state index contributed by atoms with van der Waals surface area (Å²) in [5.74, 6) is -0.111. The quantitative estimate of drug-likeness (QED) is 0.878. The van der Waals surface area contributed by atoms with Crippen LogP contribution >= 0.6 is 0 Å². The molecule has 2 rings (SSSR count). The SMILES string of the molecule is CCN1CCN(c2cc(CNC)ccc2F)CC1. The maximum atomic E-state index is 13.9. The summed E-state index contributed by atoms with van der Waals surface area (Å²) in [7, 11) is 1.91. The van der Waals surface area contributed by atoms with E-state index in [2.05, 4.69) is 22.0 Å². The van der Waals surface area contributed by atoms with E-state index in [1.165, 1.54) is 0 Å². The zero-order valence-corrected chi connectivity index (χ0v) is 11.2. The van der Waals surface area contributed by atoms with E-state index in [4.69, 9.17) is 0 Å². The molecule has 0 saturated carbocycles. The average molecular weight is 251 g/mol. The molecule has 1 aliphatic rings. The van der Waals surface area contributed by atoms with Crippen LogP contribution in [0.25, 0.3) is 0 Å². The highest BCUT2D eigenvalue weighted by atomic mass is 19.1. The molecule has 1 heterocycles. The Balaban J connectivity index is 2.10. The summed E-state index contributed by atoms with van der Waals surface area (Å²) in [6.07, 6.45) is 0. The van der Waals surface area contributed by atoms with Gasteiger partial charge in [0.1, 0.15) is 5.82 Å². The van der Waals surface area contributed by atoms with Crippen molar-refractivity contribution in [2.45, 2.75) is 13.5 Å². The van der Waals surface area contributed by atoms with E-state index in [-0.39, 0.29) is 5.82 Å². The maximum Gasteiger partial charge on any atom is 0.146 e. The van der Waals surface area contributed by atoms with E-state index in [1.807, 2.05) is 19.2 Å². The largest absolute Gasteiger partial charge is 0.367 e. The Kier molecular flexibility index (Phi) is 4.55. The van der Waals surface area contributed by atoms with Crippen molar-refractivity contribution in [3.8, 4) is 0 Å². The van der Waals surface area contributed by atoms with Gasteiger partial charge in [-0.05, 0) is 31.3 Å². The lowest BCUT2D eigenvalue weighted by Crippen LogP contribution is -2.46. The lowest BCUT2D eigenvalue weighted by molar-refractivity contribution is 0.270. The number of nitrogens with one attached hydrogen (secondary N) is 1. The molecule has 100 valence electrons. The Labute approximate surface area is 109 Å². The molecule has 0 aromatic heterocycles. The van der Waals surface area contributed by atoms with E-state index in [1.54, 1.807) is 6.07 Å². The standard InChI is InChI=1S/C14H22FN3/c1-3-17-6-8-18(9-7-17)14-10-12(11-16-2)4-5-13(14)15/h4-5,10,16H,3,6-9,11H2,1-2H3. The van der Waals surface area contributed by atoms with Gasteiger partial charge in [-0.15, -0.1) is 0 Å². The highest BCUT2D eigenvalue weighted by molar-refractivity contribution is 5.50. The Morgan fingerprint density at radius 3 is 2.56 bits per heavy atom. The van der Waals surface area contributed by atoms with Gasteiger partial charge in [0.25, 0.3) is 0 Å². The van der Waals surface area contributed by atoms with Gasteiger partial charge in [0, 0.05) is 32.7 Å². The summed E-state index contributed by atoms with van der Waals surface area (Å²) in [6, 6.07) is 5.39. The number of nitrogens with zero attached hydrogens (tertiary/aromatic N) is 2. The predicted octanol–water partition coefficient (Wildman–Crippen LogP) is 1.69. The van der Waals surface area contributed by atoms with Gasteiger partial charge in [-0.2, -0.15) is 0 Å². The van der Waals surface area contributed by atoms with Gasteiger partial charge in [-0.1, -0.05) is 13.0 Å². The zero-order valence-electron chi connectivity index (χ0n) is 11.2. The van der Waals surface area contributed by atoms with Gasteiger partial charge in [-0.3, -0.25) is 0 Å². The number of benzene rings is 1. The van der Waals surface area contributed by atoms with Gasteiger partial charge >= 0.3 is 0 Å². The van der Waals surface area contributed by atoms with Gasteiger partial charge in [0.2, 0.25) is 0 Å². The molecule has 4 heteroatoms. The summed E-state index contributed by atoms with van der Waals surface area (Å²) in [5.41, 5.74) is 1.88. The number of halogens is 1. The third kappa shape index (κ3) is 3.00. The molecule has 1 aromatic carbocycles. The van der Waals surface area contributed by atoms with Crippen molar-refractivity contribution in [2.24, 2.45) is 0 Å². The first-order valence-electron chi connectivity index (χ1n) is 6.65. The molecule has 1 aliphatic heterocycles. The van der Waals surface area contributed by atoms with Crippen molar-refractivity contribution < 1.29 is 4.39 Å². The van der Waals surface area contributed by atoms with Crippen LogP contribution in [0.5, 0.6) is 0 Å². The minimum Gasteiger partial charge on any atom is -0.367 e. The molecule has 1 aromatic rings. The van der Waals surface area contributed by atoms with Crippen LogP contribution in [0.15, 0.2) is 18.2 Å². The molecule has 0 atom stereocenters. The summed E-state index contributed by atoms with van der Waals surface area (Å²) in [6.45, 7) is 7.89. The molecule has 1 N–H and O–H groups in total. The number of piperazine rings is 1. The van der Waals surface area contributed by atoms with Crippen LogP contribution in [0, 0.1) is 5.82 Å². The van der Waals surface area contributed by atoms with Crippen LogP contribution in [0.2, 0.25) is 0 Å². The summed E-state index contributed by atoms with van der Waals surface area (Å²) in [5, 5.41) is 3.10. The van der Waals surface area contributed by atoms with Crippen molar-refractivity contribution in [3.63, 3.8) is 0 Å². The van der Waals surface area contributed by atoms with E-state index in [0.29, 0.717) is 0 Å². The molecule has 3 nitrogen and oxygen atoms in total. The fourth-order valence-corrected chi connectivity index (χ4v) is 2.42. The molecule has 0 amide bonds. The van der Waals surface area contributed by atoms with Crippen molar-refractivity contribution in [3.05, 3.63) is 29.6 Å². The number of hydrogen-bond donors (Lipinski definition) is 1. The Morgan fingerprint density at radius 2 is 1.94 bits per heavy atom. The zero-order chi connectivity index (χ0) is 13.0. The molecule has 0 spiro atoms. The molecule has 1 fully saturated rings. The highest BCUT2D eigenvalue weighted by Crippen LogP contribution is 2.22. The molecule has 0 bridgehead atoms. The molecule has 1 saturated heterocycles. The molecule has 0 unspecified atom stereocenters. The summed E-state index contributed by atoms with van der Waals surface area (Å²) < 4.78 is 13.9. The average Bonchev–Trinajstić information content (AvgIpc) is 2.41. The van der Waals surface area contributed by atoms with Crippen LogP contribution in [0.1, 0.15) is 12.5 Å². The van der Waals surface area contributed by atoms with Gasteiger partial charge in [-0.25, -0.2) is 4.39 Å². The number of hydrogen-bond acceptors (Lipinski definition) is 3. The monoisotopic (exact) mass is 251 g/mol. The first-order valence-corrected chi connectivity index (χ1v) is 6.65. The van der Waals surface area contributed by atoms with E-state index >= 15 is 0 Å². The third-order valence-corrected chi connectivity index (χ3v) is 3.55. The van der Waals surface area contributed by atoms with Gasteiger partial charge in [0.15, 0.2) is 0 Å². The normalized spacial score (nSPS) is 17.2. The third-order valence-electron chi connectivity index (χ3n) is 3.55. The minimum atomic E-state index is -0.111. The van der Waals surface area contributed by atoms with E-state index in [9.17, 15) is 4.39 Å². The lowest BCUT2D eigenvalue weighted by atomic mass is 10.1. The van der Waals surface area contributed by atoms with Crippen molar-refractivity contribution in [1.29, 1.82) is 0 Å².